The van der Waals surface area contributed by atoms with E-state index in [-0.39, 0.29) is 5.75 Å². The number of fused-ring (bicyclic) bond motifs is 2. The molecular weight excluding hydrogens is 272 g/mol. The molecule has 0 saturated carbocycles. The second-order valence-electron chi connectivity index (χ2n) is 5.46. The zero-order valence-corrected chi connectivity index (χ0v) is 11.8. The minimum absolute atomic E-state index is 0.267. The molecule has 0 aliphatic heterocycles. The topological polar surface area (TPSA) is 40.5 Å². The maximum absolute atomic E-state index is 10.2. The third kappa shape index (κ3) is 2.06. The SMILES string of the molecule is Oc1ccc2cc(-c3cc(O)c4ccccc4c3)ccc2c1. The Morgan fingerprint density at radius 3 is 2.18 bits per heavy atom. The Kier molecular flexibility index (Phi) is 2.76. The molecule has 2 nitrogen and oxygen atoms in total. The Morgan fingerprint density at radius 1 is 0.545 bits per heavy atom. The number of phenols is 2. The first-order valence-corrected chi connectivity index (χ1v) is 7.16. The van der Waals surface area contributed by atoms with Crippen LogP contribution in [0.25, 0.3) is 32.7 Å². The van der Waals surface area contributed by atoms with Crippen molar-refractivity contribution in [2.45, 2.75) is 0 Å². The summed E-state index contributed by atoms with van der Waals surface area (Å²) in [5, 5.41) is 23.7. The van der Waals surface area contributed by atoms with Crippen molar-refractivity contribution >= 4 is 21.5 Å². The number of rotatable bonds is 1. The quantitative estimate of drug-likeness (QED) is 0.513. The minimum atomic E-state index is 0.267. The van der Waals surface area contributed by atoms with Crippen molar-refractivity contribution in [1.29, 1.82) is 0 Å². The first-order chi connectivity index (χ1) is 10.7. The maximum atomic E-state index is 10.2. The number of phenolic OH excluding ortho intramolecular Hbond substituents is 2. The van der Waals surface area contributed by atoms with Crippen LogP contribution in [-0.4, -0.2) is 10.2 Å². The molecule has 0 saturated heterocycles. The molecule has 0 amide bonds. The Balaban J connectivity index is 1.92. The van der Waals surface area contributed by atoms with Crippen LogP contribution in [0.3, 0.4) is 0 Å². The van der Waals surface area contributed by atoms with Crippen molar-refractivity contribution in [3.05, 3.63) is 72.8 Å². The summed E-state index contributed by atoms with van der Waals surface area (Å²) in [5.74, 6) is 0.558. The summed E-state index contributed by atoms with van der Waals surface area (Å²) < 4.78 is 0. The molecule has 0 radical (unpaired) electrons. The Hall–Kier alpha value is -3.00. The van der Waals surface area contributed by atoms with E-state index in [4.69, 9.17) is 0 Å². The van der Waals surface area contributed by atoms with Gasteiger partial charge in [0.15, 0.2) is 0 Å². The average molecular weight is 286 g/mol. The Morgan fingerprint density at radius 2 is 1.27 bits per heavy atom. The van der Waals surface area contributed by atoms with Gasteiger partial charge in [-0.25, -0.2) is 0 Å². The number of hydrogen-bond donors (Lipinski definition) is 2. The lowest BCUT2D eigenvalue weighted by atomic mass is 9.98. The van der Waals surface area contributed by atoms with Crippen LogP contribution >= 0.6 is 0 Å². The second kappa shape index (κ2) is 4.78. The molecule has 0 aliphatic carbocycles. The fourth-order valence-corrected chi connectivity index (χ4v) is 2.87. The van der Waals surface area contributed by atoms with Crippen molar-refractivity contribution in [3.63, 3.8) is 0 Å². The molecule has 0 spiro atoms. The highest BCUT2D eigenvalue weighted by Gasteiger charge is 2.06. The molecule has 0 aromatic heterocycles. The molecule has 2 N–H and O–H groups in total. The summed E-state index contributed by atoms with van der Waals surface area (Å²) in [5.41, 5.74) is 2.02. The molecule has 4 aromatic rings. The zero-order chi connectivity index (χ0) is 15.1. The standard InChI is InChI=1S/C20H14O2/c21-18-8-7-13-9-14(5-6-15(13)11-18)17-10-16-3-1-2-4-19(16)20(22)12-17/h1-12,21-22H. The molecule has 0 aliphatic rings. The monoisotopic (exact) mass is 286 g/mol. The first-order valence-electron chi connectivity index (χ1n) is 7.16. The molecule has 0 atom stereocenters. The molecule has 0 unspecified atom stereocenters. The van der Waals surface area contributed by atoms with Crippen molar-refractivity contribution in [2.24, 2.45) is 0 Å². The molecule has 4 rings (SSSR count). The fraction of sp³-hybridized carbons (Fsp3) is 0. The van der Waals surface area contributed by atoms with Crippen molar-refractivity contribution in [1.82, 2.24) is 0 Å². The zero-order valence-electron chi connectivity index (χ0n) is 11.8. The van der Waals surface area contributed by atoms with E-state index in [1.54, 1.807) is 18.2 Å². The van der Waals surface area contributed by atoms with Crippen molar-refractivity contribution in [3.8, 4) is 22.6 Å². The van der Waals surface area contributed by atoms with E-state index in [0.717, 1.165) is 32.7 Å². The summed E-state index contributed by atoms with van der Waals surface area (Å²) in [7, 11) is 0. The molecule has 4 aromatic carbocycles. The van der Waals surface area contributed by atoms with Gasteiger partial charge in [0.25, 0.3) is 0 Å². The van der Waals surface area contributed by atoms with Gasteiger partial charge in [0.1, 0.15) is 11.5 Å². The molecular formula is C20H14O2. The van der Waals surface area contributed by atoms with Gasteiger partial charge in [0, 0.05) is 5.39 Å². The van der Waals surface area contributed by atoms with Crippen LogP contribution in [0.2, 0.25) is 0 Å². The van der Waals surface area contributed by atoms with Crippen LogP contribution in [0.1, 0.15) is 0 Å². The molecule has 2 heteroatoms. The minimum Gasteiger partial charge on any atom is -0.508 e. The van der Waals surface area contributed by atoms with Gasteiger partial charge in [0.2, 0.25) is 0 Å². The smallest absolute Gasteiger partial charge is 0.124 e. The van der Waals surface area contributed by atoms with Crippen molar-refractivity contribution in [2.75, 3.05) is 0 Å². The Bertz CT molecular complexity index is 1000. The van der Waals surface area contributed by atoms with Crippen LogP contribution in [0, 0.1) is 0 Å². The predicted octanol–water partition coefficient (Wildman–Crippen LogP) is 5.07. The lowest BCUT2D eigenvalue weighted by Gasteiger charge is -2.08. The summed E-state index contributed by atoms with van der Waals surface area (Å²) in [6.07, 6.45) is 0. The number of aromatic hydroxyl groups is 2. The summed E-state index contributed by atoms with van der Waals surface area (Å²) in [6, 6.07) is 23.1. The predicted molar refractivity (Wildman–Crippen MR) is 90.2 cm³/mol. The van der Waals surface area contributed by atoms with E-state index in [0.29, 0.717) is 5.75 Å². The van der Waals surface area contributed by atoms with Gasteiger partial charge in [-0.2, -0.15) is 0 Å². The average Bonchev–Trinajstić information content (AvgIpc) is 2.54. The van der Waals surface area contributed by atoms with Crippen LogP contribution in [0.5, 0.6) is 11.5 Å². The molecule has 106 valence electrons. The largest absolute Gasteiger partial charge is 0.508 e. The normalized spacial score (nSPS) is 11.1. The number of benzene rings is 4. The van der Waals surface area contributed by atoms with Crippen LogP contribution < -0.4 is 0 Å². The third-order valence-electron chi connectivity index (χ3n) is 4.00. The molecule has 0 heterocycles. The first kappa shape index (κ1) is 12.7. The van der Waals surface area contributed by atoms with Gasteiger partial charge < -0.3 is 10.2 Å². The van der Waals surface area contributed by atoms with E-state index in [1.165, 1.54) is 0 Å². The lowest BCUT2D eigenvalue weighted by Crippen LogP contribution is -1.81. The summed E-state index contributed by atoms with van der Waals surface area (Å²) in [6.45, 7) is 0. The maximum Gasteiger partial charge on any atom is 0.124 e. The van der Waals surface area contributed by atoms with E-state index in [9.17, 15) is 10.2 Å². The highest BCUT2D eigenvalue weighted by molar-refractivity contribution is 5.94. The summed E-state index contributed by atoms with van der Waals surface area (Å²) in [4.78, 5) is 0. The van der Waals surface area contributed by atoms with Gasteiger partial charge in [0.05, 0.1) is 0 Å². The highest BCUT2D eigenvalue weighted by atomic mass is 16.3. The molecule has 22 heavy (non-hydrogen) atoms. The van der Waals surface area contributed by atoms with Gasteiger partial charge in [-0.15, -0.1) is 0 Å². The van der Waals surface area contributed by atoms with Crippen molar-refractivity contribution < 1.29 is 10.2 Å². The van der Waals surface area contributed by atoms with Gasteiger partial charge in [-0.3, -0.25) is 0 Å². The van der Waals surface area contributed by atoms with Gasteiger partial charge >= 0.3 is 0 Å². The van der Waals surface area contributed by atoms with Crippen LogP contribution in [-0.2, 0) is 0 Å². The molecule has 0 bridgehead atoms. The lowest BCUT2D eigenvalue weighted by molar-refractivity contribution is 0.476. The number of hydrogen-bond acceptors (Lipinski definition) is 2. The van der Waals surface area contributed by atoms with Gasteiger partial charge in [-0.1, -0.05) is 42.5 Å². The summed E-state index contributed by atoms with van der Waals surface area (Å²) >= 11 is 0. The Labute approximate surface area is 127 Å². The second-order valence-corrected chi connectivity index (χ2v) is 5.46. The third-order valence-corrected chi connectivity index (χ3v) is 4.00. The highest BCUT2D eigenvalue weighted by Crippen LogP contribution is 2.33. The van der Waals surface area contributed by atoms with Crippen LogP contribution in [0.15, 0.2) is 72.8 Å². The molecule has 0 fully saturated rings. The van der Waals surface area contributed by atoms with Crippen LogP contribution in [0.4, 0.5) is 0 Å². The van der Waals surface area contributed by atoms with Gasteiger partial charge in [-0.05, 0) is 57.6 Å². The fourth-order valence-electron chi connectivity index (χ4n) is 2.87. The van der Waals surface area contributed by atoms with E-state index < -0.39 is 0 Å². The van der Waals surface area contributed by atoms with E-state index >= 15 is 0 Å². The van der Waals surface area contributed by atoms with E-state index in [1.807, 2.05) is 42.5 Å². The van der Waals surface area contributed by atoms with E-state index in [2.05, 4.69) is 12.1 Å².